The maximum atomic E-state index is 11.7. The van der Waals surface area contributed by atoms with E-state index in [1.54, 1.807) is 6.92 Å². The largest absolute Gasteiger partial charge is 0.399 e. The summed E-state index contributed by atoms with van der Waals surface area (Å²) >= 11 is 0. The maximum absolute atomic E-state index is 11.7. The van der Waals surface area contributed by atoms with E-state index in [2.05, 4.69) is 11.8 Å². The molecule has 1 atom stereocenters. The summed E-state index contributed by atoms with van der Waals surface area (Å²) in [4.78, 5) is 2.36. The molecule has 0 aliphatic carbocycles. The van der Waals surface area contributed by atoms with E-state index < -0.39 is 10.0 Å². The van der Waals surface area contributed by atoms with E-state index >= 15 is 0 Å². The summed E-state index contributed by atoms with van der Waals surface area (Å²) in [5.74, 6) is 0.707. The zero-order valence-corrected chi connectivity index (χ0v) is 12.9. The van der Waals surface area contributed by atoms with E-state index in [0.29, 0.717) is 17.2 Å². The van der Waals surface area contributed by atoms with Gasteiger partial charge in [0, 0.05) is 24.5 Å². The number of nitrogen functional groups attached to an aromatic ring is 1. The molecule has 0 spiro atoms. The second kappa shape index (κ2) is 5.61. The second-order valence-electron chi connectivity index (χ2n) is 5.73. The summed E-state index contributed by atoms with van der Waals surface area (Å²) in [5, 5.41) is 5.28. The number of anilines is 2. The highest BCUT2D eigenvalue weighted by Gasteiger charge is 2.21. The number of sulfonamides is 1. The van der Waals surface area contributed by atoms with Gasteiger partial charge in [0.1, 0.15) is 0 Å². The van der Waals surface area contributed by atoms with Gasteiger partial charge in [-0.15, -0.1) is 0 Å². The molecule has 2 rings (SSSR count). The second-order valence-corrected chi connectivity index (χ2v) is 7.26. The Labute approximate surface area is 121 Å². The molecule has 20 heavy (non-hydrogen) atoms. The molecule has 0 aromatic heterocycles. The molecule has 4 N–H and O–H groups in total. The number of hydrogen-bond donors (Lipinski definition) is 2. The zero-order chi connectivity index (χ0) is 14.9. The first-order valence-corrected chi connectivity index (χ1v) is 8.51. The molecule has 1 saturated heterocycles. The molecule has 1 fully saturated rings. The van der Waals surface area contributed by atoms with Crippen LogP contribution in [0.5, 0.6) is 0 Å². The van der Waals surface area contributed by atoms with Gasteiger partial charge in [0.05, 0.1) is 4.90 Å². The number of nitrogens with zero attached hydrogens (tertiary/aromatic N) is 1. The maximum Gasteiger partial charge on any atom is 0.238 e. The monoisotopic (exact) mass is 297 g/mol. The standard InChI is InChI=1S/C14H23N3O2S/c1-10-4-3-6-17(7-5-10)13-8-12(15)9-14(11(13)2)20(16,18)19/h8-10H,3-7,15H2,1-2H3,(H2,16,18,19). The minimum atomic E-state index is -3.74. The highest BCUT2D eigenvalue weighted by atomic mass is 32.2. The Bertz CT molecular complexity index is 599. The molecule has 0 saturated carbocycles. The Kier molecular flexibility index (Phi) is 4.25. The van der Waals surface area contributed by atoms with Crippen molar-refractivity contribution in [2.75, 3.05) is 23.7 Å². The number of primary sulfonamides is 1. The van der Waals surface area contributed by atoms with Gasteiger partial charge in [-0.3, -0.25) is 0 Å². The van der Waals surface area contributed by atoms with Crippen LogP contribution in [0.2, 0.25) is 0 Å². The summed E-state index contributed by atoms with van der Waals surface area (Å²) in [7, 11) is -3.74. The molecule has 6 heteroatoms. The lowest BCUT2D eigenvalue weighted by molar-refractivity contribution is 0.521. The molecule has 5 nitrogen and oxygen atoms in total. The Hall–Kier alpha value is -1.27. The van der Waals surface area contributed by atoms with E-state index in [-0.39, 0.29) is 4.90 Å². The number of rotatable bonds is 2. The molecule has 1 aliphatic rings. The van der Waals surface area contributed by atoms with Crippen LogP contribution in [0.4, 0.5) is 11.4 Å². The predicted molar refractivity (Wildman–Crippen MR) is 82.2 cm³/mol. The fourth-order valence-electron chi connectivity index (χ4n) is 2.82. The van der Waals surface area contributed by atoms with Crippen LogP contribution >= 0.6 is 0 Å². The molecule has 0 bridgehead atoms. The third-order valence-corrected chi connectivity index (χ3v) is 5.06. The average molecular weight is 297 g/mol. The van der Waals surface area contributed by atoms with Gasteiger partial charge in [-0.1, -0.05) is 6.92 Å². The van der Waals surface area contributed by atoms with E-state index in [4.69, 9.17) is 10.9 Å². The molecular weight excluding hydrogens is 274 g/mol. The molecule has 1 aromatic rings. The lowest BCUT2D eigenvalue weighted by Crippen LogP contribution is -2.26. The zero-order valence-electron chi connectivity index (χ0n) is 12.1. The van der Waals surface area contributed by atoms with Crippen LogP contribution in [-0.2, 0) is 10.0 Å². The average Bonchev–Trinajstić information content (AvgIpc) is 2.55. The molecular formula is C14H23N3O2S. The summed E-state index contributed by atoms with van der Waals surface area (Å²) < 4.78 is 23.3. The molecule has 0 radical (unpaired) electrons. The van der Waals surface area contributed by atoms with Gasteiger partial charge in [0.25, 0.3) is 0 Å². The molecule has 1 heterocycles. The van der Waals surface area contributed by atoms with Crippen LogP contribution in [0.1, 0.15) is 31.7 Å². The quantitative estimate of drug-likeness (QED) is 0.815. The Morgan fingerprint density at radius 1 is 1.25 bits per heavy atom. The van der Waals surface area contributed by atoms with Gasteiger partial charge in [0.15, 0.2) is 0 Å². The van der Waals surface area contributed by atoms with Crippen molar-refractivity contribution < 1.29 is 8.42 Å². The fourth-order valence-corrected chi connectivity index (χ4v) is 3.65. The van der Waals surface area contributed by atoms with Crippen molar-refractivity contribution in [2.24, 2.45) is 11.1 Å². The van der Waals surface area contributed by atoms with Gasteiger partial charge >= 0.3 is 0 Å². The number of nitrogens with two attached hydrogens (primary N) is 2. The minimum absolute atomic E-state index is 0.129. The first-order chi connectivity index (χ1) is 9.29. The van der Waals surface area contributed by atoms with Crippen LogP contribution in [0.25, 0.3) is 0 Å². The van der Waals surface area contributed by atoms with Crippen molar-refractivity contribution in [1.29, 1.82) is 0 Å². The molecule has 1 unspecified atom stereocenters. The molecule has 1 aromatic carbocycles. The topological polar surface area (TPSA) is 89.4 Å². The van der Waals surface area contributed by atoms with Gasteiger partial charge in [-0.25, -0.2) is 13.6 Å². The highest BCUT2D eigenvalue weighted by Crippen LogP contribution is 2.31. The lowest BCUT2D eigenvalue weighted by Gasteiger charge is -2.26. The fraction of sp³-hybridized carbons (Fsp3) is 0.571. The van der Waals surface area contributed by atoms with Crippen LogP contribution in [0, 0.1) is 12.8 Å². The van der Waals surface area contributed by atoms with Crippen molar-refractivity contribution >= 4 is 21.4 Å². The molecule has 1 aliphatic heterocycles. The van der Waals surface area contributed by atoms with E-state index in [0.717, 1.165) is 31.6 Å². The SMILES string of the molecule is Cc1c(N2CCCC(C)CC2)cc(N)cc1S(N)(=O)=O. The van der Waals surface area contributed by atoms with Crippen molar-refractivity contribution in [3.05, 3.63) is 17.7 Å². The molecule has 112 valence electrons. The van der Waals surface area contributed by atoms with Gasteiger partial charge in [-0.2, -0.15) is 0 Å². The van der Waals surface area contributed by atoms with Crippen molar-refractivity contribution in [2.45, 2.75) is 38.0 Å². The Balaban J connectivity index is 2.44. The molecule has 0 amide bonds. The van der Waals surface area contributed by atoms with Crippen LogP contribution in [0.15, 0.2) is 17.0 Å². The number of hydrogen-bond acceptors (Lipinski definition) is 4. The first kappa shape index (κ1) is 15.1. The summed E-state index contributed by atoms with van der Waals surface area (Å²) in [5.41, 5.74) is 7.87. The summed E-state index contributed by atoms with van der Waals surface area (Å²) in [6, 6.07) is 3.29. The first-order valence-electron chi connectivity index (χ1n) is 6.97. The van der Waals surface area contributed by atoms with Crippen molar-refractivity contribution in [3.63, 3.8) is 0 Å². The van der Waals surface area contributed by atoms with Gasteiger partial charge in [-0.05, 0) is 49.8 Å². The summed E-state index contributed by atoms with van der Waals surface area (Å²) in [6.07, 6.45) is 3.43. The third-order valence-electron chi connectivity index (χ3n) is 4.02. The van der Waals surface area contributed by atoms with Gasteiger partial charge < -0.3 is 10.6 Å². The van der Waals surface area contributed by atoms with Crippen LogP contribution in [-0.4, -0.2) is 21.5 Å². The lowest BCUT2D eigenvalue weighted by atomic mass is 10.0. The predicted octanol–water partition coefficient (Wildman–Crippen LogP) is 1.85. The van der Waals surface area contributed by atoms with E-state index in [1.807, 2.05) is 6.07 Å². The number of benzene rings is 1. The Morgan fingerprint density at radius 2 is 1.95 bits per heavy atom. The Morgan fingerprint density at radius 3 is 2.60 bits per heavy atom. The van der Waals surface area contributed by atoms with Crippen LogP contribution in [0.3, 0.4) is 0 Å². The normalized spacial score (nSPS) is 20.8. The van der Waals surface area contributed by atoms with E-state index in [9.17, 15) is 8.42 Å². The van der Waals surface area contributed by atoms with Crippen LogP contribution < -0.4 is 15.8 Å². The minimum Gasteiger partial charge on any atom is -0.399 e. The summed E-state index contributed by atoms with van der Waals surface area (Å²) in [6.45, 7) is 5.91. The van der Waals surface area contributed by atoms with E-state index in [1.165, 1.54) is 12.5 Å². The highest BCUT2D eigenvalue weighted by molar-refractivity contribution is 7.89. The van der Waals surface area contributed by atoms with Gasteiger partial charge in [0.2, 0.25) is 10.0 Å². The third kappa shape index (κ3) is 3.24. The smallest absolute Gasteiger partial charge is 0.238 e. The van der Waals surface area contributed by atoms with Crippen molar-refractivity contribution in [1.82, 2.24) is 0 Å². The van der Waals surface area contributed by atoms with Crippen molar-refractivity contribution in [3.8, 4) is 0 Å².